The summed E-state index contributed by atoms with van der Waals surface area (Å²) in [6.07, 6.45) is 1.57. The van der Waals surface area contributed by atoms with E-state index in [0.29, 0.717) is 35.0 Å². The second kappa shape index (κ2) is 12.3. The number of carboxylic acid groups (broad SMARTS) is 1. The number of benzene rings is 4. The van der Waals surface area contributed by atoms with Crippen molar-refractivity contribution in [2.24, 2.45) is 0 Å². The zero-order chi connectivity index (χ0) is 28.1. The molecule has 1 aromatic heterocycles. The second-order valence-electron chi connectivity index (χ2n) is 8.50. The van der Waals surface area contributed by atoms with Crippen molar-refractivity contribution in [3.63, 3.8) is 0 Å². The van der Waals surface area contributed by atoms with Crippen molar-refractivity contribution in [1.82, 2.24) is 10.2 Å². The summed E-state index contributed by atoms with van der Waals surface area (Å²) in [7, 11) is 3.09. The predicted octanol–water partition coefficient (Wildman–Crippen LogP) is 7.47. The number of nitrogens with zero attached hydrogens (tertiary/aromatic N) is 2. The van der Waals surface area contributed by atoms with Crippen molar-refractivity contribution in [1.29, 1.82) is 0 Å². The monoisotopic (exact) mass is 618 g/mol. The van der Waals surface area contributed by atoms with Crippen LogP contribution >= 0.6 is 27.7 Å². The average Bonchev–Trinajstić information content (AvgIpc) is 3.45. The van der Waals surface area contributed by atoms with Crippen molar-refractivity contribution in [2.75, 3.05) is 14.2 Å². The molecule has 0 fully saturated rings. The van der Waals surface area contributed by atoms with Crippen LogP contribution in [0.2, 0.25) is 0 Å². The van der Waals surface area contributed by atoms with E-state index in [1.807, 2.05) is 60.7 Å². The highest BCUT2D eigenvalue weighted by molar-refractivity contribution is 9.10. The van der Waals surface area contributed by atoms with Gasteiger partial charge in [-0.25, -0.2) is 4.79 Å². The summed E-state index contributed by atoms with van der Waals surface area (Å²) in [6, 6.07) is 24.5. The van der Waals surface area contributed by atoms with Crippen LogP contribution in [0.15, 0.2) is 97.9 Å². The first-order chi connectivity index (χ1) is 19.4. The molecule has 0 bridgehead atoms. The lowest BCUT2D eigenvalue weighted by Crippen LogP contribution is -2.00. The van der Waals surface area contributed by atoms with E-state index in [2.05, 4.69) is 26.1 Å². The molecule has 0 spiro atoms. The van der Waals surface area contributed by atoms with Gasteiger partial charge in [0.05, 0.1) is 14.2 Å². The van der Waals surface area contributed by atoms with Gasteiger partial charge in [-0.3, -0.25) is 0 Å². The normalized spacial score (nSPS) is 11.4. The van der Waals surface area contributed by atoms with E-state index in [1.54, 1.807) is 38.5 Å². The summed E-state index contributed by atoms with van der Waals surface area (Å²) in [6.45, 7) is 0.318. The van der Waals surface area contributed by atoms with Crippen LogP contribution < -0.4 is 14.2 Å². The minimum Gasteiger partial charge on any atom is -0.497 e. The Bertz CT molecular complexity index is 1680. The van der Waals surface area contributed by atoms with Crippen LogP contribution in [0, 0.1) is 0 Å². The van der Waals surface area contributed by atoms with E-state index in [4.69, 9.17) is 18.6 Å². The number of thioether (sulfide) groups is 1. The summed E-state index contributed by atoms with van der Waals surface area (Å²) in [5.41, 5.74) is 2.19. The van der Waals surface area contributed by atoms with Gasteiger partial charge in [0, 0.05) is 21.7 Å². The Morgan fingerprint density at radius 1 is 0.975 bits per heavy atom. The van der Waals surface area contributed by atoms with Gasteiger partial charge in [-0.2, -0.15) is 0 Å². The Balaban J connectivity index is 1.48. The molecule has 0 aliphatic heterocycles. The summed E-state index contributed by atoms with van der Waals surface area (Å²) < 4.78 is 23.6. The lowest BCUT2D eigenvalue weighted by molar-refractivity contribution is -0.131. The van der Waals surface area contributed by atoms with Crippen molar-refractivity contribution < 1.29 is 28.5 Å². The Kier molecular flexibility index (Phi) is 8.37. The number of carboxylic acids is 1. The average molecular weight is 619 g/mol. The number of hydrogen-bond donors (Lipinski definition) is 1. The second-order valence-corrected chi connectivity index (χ2v) is 10.4. The van der Waals surface area contributed by atoms with Crippen LogP contribution in [0.4, 0.5) is 0 Å². The third-order valence-corrected chi connectivity index (χ3v) is 7.31. The first kappa shape index (κ1) is 27.3. The van der Waals surface area contributed by atoms with Crippen molar-refractivity contribution in [2.45, 2.75) is 11.8 Å². The van der Waals surface area contributed by atoms with Gasteiger partial charge < -0.3 is 23.7 Å². The number of halogens is 1. The highest BCUT2D eigenvalue weighted by Crippen LogP contribution is 2.36. The van der Waals surface area contributed by atoms with Crippen LogP contribution in [0.25, 0.3) is 28.3 Å². The molecule has 0 aliphatic carbocycles. The van der Waals surface area contributed by atoms with Gasteiger partial charge in [0.25, 0.3) is 5.22 Å². The lowest BCUT2D eigenvalue weighted by atomic mass is 10.0. The van der Waals surface area contributed by atoms with E-state index < -0.39 is 5.97 Å². The number of fused-ring (bicyclic) bond motifs is 1. The predicted molar refractivity (Wildman–Crippen MR) is 157 cm³/mol. The molecule has 4 aromatic carbocycles. The van der Waals surface area contributed by atoms with Gasteiger partial charge in [0.2, 0.25) is 5.89 Å². The summed E-state index contributed by atoms with van der Waals surface area (Å²) >= 11 is 4.30. The highest BCUT2D eigenvalue weighted by atomic mass is 79.9. The van der Waals surface area contributed by atoms with Crippen LogP contribution in [0.1, 0.15) is 11.1 Å². The summed E-state index contributed by atoms with van der Waals surface area (Å²) in [5.74, 6) is 0.724. The van der Waals surface area contributed by atoms with Gasteiger partial charge in [-0.1, -0.05) is 58.4 Å². The first-order valence-corrected chi connectivity index (χ1v) is 13.6. The molecule has 1 heterocycles. The third kappa shape index (κ3) is 6.30. The fraction of sp³-hybridized carbons (Fsp3) is 0.100. The van der Waals surface area contributed by atoms with E-state index in [-0.39, 0.29) is 16.0 Å². The van der Waals surface area contributed by atoms with Crippen LogP contribution in [0.5, 0.6) is 17.2 Å². The van der Waals surface area contributed by atoms with E-state index in [1.165, 1.54) is 0 Å². The van der Waals surface area contributed by atoms with Crippen LogP contribution in [-0.4, -0.2) is 35.5 Å². The van der Waals surface area contributed by atoms with Crippen molar-refractivity contribution in [3.8, 4) is 28.7 Å². The molecule has 202 valence electrons. The molecular weight excluding hydrogens is 596 g/mol. The molecule has 8 nitrogen and oxygen atoms in total. The fourth-order valence-electron chi connectivity index (χ4n) is 3.95. The quantitative estimate of drug-likeness (QED) is 0.126. The number of carbonyl (C=O) groups is 1. The zero-order valence-electron chi connectivity index (χ0n) is 21.5. The maximum absolute atomic E-state index is 12.4. The van der Waals surface area contributed by atoms with Crippen molar-refractivity contribution in [3.05, 3.63) is 99.4 Å². The van der Waals surface area contributed by atoms with E-state index in [0.717, 1.165) is 32.6 Å². The number of aliphatic carboxylic acids is 1. The topological polar surface area (TPSA) is 104 Å². The standard InChI is InChI=1S/C30H23BrN2O6S/c1-36-22-13-20(14-23(15-22)37-2)28-32-33-30(39-28)40-27(29(34)35)16-25-24-6-4-3-5-19(24)9-12-26(25)38-17-18-7-10-21(31)11-8-18/h3-16H,17H2,1-2H3,(H,34,35)/b27-16-. The Hall–Kier alpha value is -4.28. The fourth-order valence-corrected chi connectivity index (χ4v) is 4.87. The maximum atomic E-state index is 12.4. The number of ether oxygens (including phenoxy) is 3. The molecular formula is C30H23BrN2O6S. The molecule has 0 amide bonds. The minimum absolute atomic E-state index is 0.0109. The van der Waals surface area contributed by atoms with Crippen LogP contribution in [-0.2, 0) is 11.4 Å². The Labute approximate surface area is 242 Å². The maximum Gasteiger partial charge on any atom is 0.342 e. The largest absolute Gasteiger partial charge is 0.497 e. The molecule has 40 heavy (non-hydrogen) atoms. The Morgan fingerprint density at radius 3 is 2.40 bits per heavy atom. The zero-order valence-corrected chi connectivity index (χ0v) is 23.9. The Morgan fingerprint density at radius 2 is 1.70 bits per heavy atom. The number of hydrogen-bond acceptors (Lipinski definition) is 8. The molecule has 0 atom stereocenters. The molecule has 0 saturated heterocycles. The van der Waals surface area contributed by atoms with Gasteiger partial charge in [-0.15, -0.1) is 10.2 Å². The molecule has 5 rings (SSSR count). The summed E-state index contributed by atoms with van der Waals surface area (Å²) in [4.78, 5) is 12.3. The van der Waals surface area contributed by atoms with Crippen LogP contribution in [0.3, 0.4) is 0 Å². The molecule has 10 heteroatoms. The smallest absolute Gasteiger partial charge is 0.342 e. The molecule has 0 saturated carbocycles. The highest BCUT2D eigenvalue weighted by Gasteiger charge is 2.19. The SMILES string of the molecule is COc1cc(OC)cc(-c2nnc(S/C(=C\c3c(OCc4ccc(Br)cc4)ccc4ccccc34)C(=O)O)o2)c1. The van der Waals surface area contributed by atoms with Gasteiger partial charge in [0.1, 0.15) is 28.8 Å². The van der Waals surface area contributed by atoms with Gasteiger partial charge in [0.15, 0.2) is 0 Å². The molecule has 0 aliphatic rings. The first-order valence-electron chi connectivity index (χ1n) is 12.0. The van der Waals surface area contributed by atoms with Crippen molar-refractivity contribution >= 4 is 50.5 Å². The third-order valence-electron chi connectivity index (χ3n) is 5.93. The molecule has 5 aromatic rings. The number of aromatic nitrogens is 2. The lowest BCUT2D eigenvalue weighted by Gasteiger charge is -2.13. The van der Waals surface area contributed by atoms with Gasteiger partial charge >= 0.3 is 5.97 Å². The molecule has 0 unspecified atom stereocenters. The number of methoxy groups -OCH3 is 2. The molecule has 1 N–H and O–H groups in total. The minimum atomic E-state index is -1.14. The van der Waals surface area contributed by atoms with E-state index in [9.17, 15) is 9.90 Å². The number of rotatable bonds is 10. The van der Waals surface area contributed by atoms with E-state index >= 15 is 0 Å². The summed E-state index contributed by atoms with van der Waals surface area (Å²) in [5, 5.41) is 20.1. The van der Waals surface area contributed by atoms with Gasteiger partial charge in [-0.05, 0) is 64.5 Å². The molecule has 0 radical (unpaired) electrons.